The number of rotatable bonds is 5. The molecular weight excluding hydrogens is 218 g/mol. The second kappa shape index (κ2) is 6.36. The summed E-state index contributed by atoms with van der Waals surface area (Å²) in [4.78, 5) is 20.6. The zero-order chi connectivity index (χ0) is 11.9. The Kier molecular flexibility index (Phi) is 4.52. The van der Waals surface area contributed by atoms with E-state index in [-0.39, 0.29) is 5.91 Å². The molecular formula is C11H19N5O. The normalized spacial score (nSPS) is 16.9. The Labute approximate surface area is 101 Å². The quantitative estimate of drug-likeness (QED) is 0.600. The first-order chi connectivity index (χ1) is 8.36. The Balaban J connectivity index is 1.58. The van der Waals surface area contributed by atoms with E-state index in [0.717, 1.165) is 39.1 Å². The van der Waals surface area contributed by atoms with Crippen molar-refractivity contribution in [2.75, 3.05) is 39.3 Å². The lowest BCUT2D eigenvalue weighted by molar-refractivity contribution is 0.0947. The number of carbonyl (C=O) groups is 1. The maximum atomic E-state index is 11.6. The zero-order valence-corrected chi connectivity index (χ0v) is 9.91. The number of amides is 1. The summed E-state index contributed by atoms with van der Waals surface area (Å²) >= 11 is 0. The molecule has 17 heavy (non-hydrogen) atoms. The first kappa shape index (κ1) is 12.1. The summed E-state index contributed by atoms with van der Waals surface area (Å²) in [5, 5.41) is 6.19. The summed E-state index contributed by atoms with van der Waals surface area (Å²) in [6.45, 7) is 6.11. The van der Waals surface area contributed by atoms with Crippen molar-refractivity contribution in [1.82, 2.24) is 25.5 Å². The van der Waals surface area contributed by atoms with Crippen molar-refractivity contribution in [3.8, 4) is 0 Å². The van der Waals surface area contributed by atoms with Crippen LogP contribution in [0.1, 0.15) is 16.9 Å². The van der Waals surface area contributed by atoms with Crippen LogP contribution in [-0.4, -0.2) is 60.0 Å². The highest BCUT2D eigenvalue weighted by Crippen LogP contribution is 1.94. The number of nitrogens with one attached hydrogen (secondary N) is 3. The number of carbonyl (C=O) groups excluding carboxylic acids is 1. The molecule has 1 aliphatic heterocycles. The molecule has 0 bridgehead atoms. The fourth-order valence-electron chi connectivity index (χ4n) is 1.91. The van der Waals surface area contributed by atoms with Crippen LogP contribution in [0, 0.1) is 0 Å². The van der Waals surface area contributed by atoms with Gasteiger partial charge in [0.2, 0.25) is 0 Å². The molecule has 1 aromatic rings. The fraction of sp³-hybridized carbons (Fsp3) is 0.636. The van der Waals surface area contributed by atoms with Crippen LogP contribution in [-0.2, 0) is 0 Å². The Hall–Kier alpha value is -1.40. The van der Waals surface area contributed by atoms with Gasteiger partial charge in [0.25, 0.3) is 5.91 Å². The number of H-pyrrole nitrogens is 1. The first-order valence-electron chi connectivity index (χ1n) is 6.06. The van der Waals surface area contributed by atoms with Crippen LogP contribution < -0.4 is 10.6 Å². The number of hydrogen-bond acceptors (Lipinski definition) is 4. The zero-order valence-electron chi connectivity index (χ0n) is 9.91. The van der Waals surface area contributed by atoms with Crippen LogP contribution in [0.3, 0.4) is 0 Å². The highest BCUT2D eigenvalue weighted by atomic mass is 16.1. The second-order valence-electron chi connectivity index (χ2n) is 4.17. The predicted octanol–water partition coefficient (Wildman–Crippen LogP) is -0.565. The van der Waals surface area contributed by atoms with Gasteiger partial charge in [-0.3, -0.25) is 4.79 Å². The van der Waals surface area contributed by atoms with Crippen molar-refractivity contribution >= 4 is 5.91 Å². The van der Waals surface area contributed by atoms with E-state index in [9.17, 15) is 4.79 Å². The van der Waals surface area contributed by atoms with Gasteiger partial charge in [-0.25, -0.2) is 4.98 Å². The molecule has 2 heterocycles. The highest BCUT2D eigenvalue weighted by Gasteiger charge is 2.09. The lowest BCUT2D eigenvalue weighted by Crippen LogP contribution is -2.44. The number of imidazole rings is 1. The van der Waals surface area contributed by atoms with E-state index in [1.54, 1.807) is 0 Å². The van der Waals surface area contributed by atoms with Crippen molar-refractivity contribution in [3.05, 3.63) is 18.2 Å². The summed E-state index contributed by atoms with van der Waals surface area (Å²) < 4.78 is 0. The van der Waals surface area contributed by atoms with Gasteiger partial charge in [-0.1, -0.05) is 0 Å². The number of aromatic amines is 1. The van der Waals surface area contributed by atoms with E-state index in [4.69, 9.17) is 0 Å². The molecule has 1 amide bonds. The molecule has 6 nitrogen and oxygen atoms in total. The molecule has 0 spiro atoms. The molecule has 2 rings (SSSR count). The van der Waals surface area contributed by atoms with Crippen LogP contribution in [0.15, 0.2) is 12.5 Å². The fourth-order valence-corrected chi connectivity index (χ4v) is 1.91. The molecule has 0 atom stereocenters. The number of nitrogens with zero attached hydrogens (tertiary/aromatic N) is 2. The molecule has 0 aromatic carbocycles. The minimum absolute atomic E-state index is 0.0807. The topological polar surface area (TPSA) is 73.1 Å². The standard InChI is InChI=1S/C11H19N5O/c17-11(10-8-13-9-15-10)14-2-1-5-16-6-3-12-4-7-16/h8-9,12H,1-7H2,(H,13,15)(H,14,17). The molecule has 94 valence electrons. The monoisotopic (exact) mass is 237 g/mol. The third-order valence-electron chi connectivity index (χ3n) is 2.89. The van der Waals surface area contributed by atoms with Gasteiger partial charge in [0.05, 0.1) is 12.5 Å². The lowest BCUT2D eigenvalue weighted by atomic mass is 10.3. The van der Waals surface area contributed by atoms with Gasteiger partial charge in [-0.05, 0) is 13.0 Å². The molecule has 0 aliphatic carbocycles. The van der Waals surface area contributed by atoms with E-state index in [0.29, 0.717) is 12.2 Å². The molecule has 0 radical (unpaired) electrons. The maximum absolute atomic E-state index is 11.6. The molecule has 0 saturated carbocycles. The summed E-state index contributed by atoms with van der Waals surface area (Å²) in [5.41, 5.74) is 0.521. The molecule has 1 aliphatic rings. The highest BCUT2D eigenvalue weighted by molar-refractivity contribution is 5.91. The van der Waals surface area contributed by atoms with E-state index < -0.39 is 0 Å². The van der Waals surface area contributed by atoms with E-state index in [2.05, 4.69) is 25.5 Å². The van der Waals surface area contributed by atoms with E-state index in [1.165, 1.54) is 12.5 Å². The molecule has 1 fully saturated rings. The third-order valence-corrected chi connectivity index (χ3v) is 2.89. The minimum Gasteiger partial charge on any atom is -0.351 e. The van der Waals surface area contributed by atoms with Gasteiger partial charge in [0.1, 0.15) is 5.69 Å². The Bertz CT molecular complexity index is 332. The summed E-state index contributed by atoms with van der Waals surface area (Å²) in [7, 11) is 0. The number of piperazine rings is 1. The molecule has 6 heteroatoms. The van der Waals surface area contributed by atoms with Crippen LogP contribution in [0.25, 0.3) is 0 Å². The molecule has 3 N–H and O–H groups in total. The first-order valence-corrected chi connectivity index (χ1v) is 6.06. The number of aromatic nitrogens is 2. The van der Waals surface area contributed by atoms with Crippen molar-refractivity contribution in [3.63, 3.8) is 0 Å². The SMILES string of the molecule is O=C(NCCCN1CCNCC1)c1cnc[nH]1. The lowest BCUT2D eigenvalue weighted by Gasteiger charge is -2.26. The summed E-state index contributed by atoms with van der Waals surface area (Å²) in [6, 6.07) is 0. The van der Waals surface area contributed by atoms with Gasteiger partial charge >= 0.3 is 0 Å². The average molecular weight is 237 g/mol. The predicted molar refractivity (Wildman–Crippen MR) is 64.8 cm³/mol. The van der Waals surface area contributed by atoms with Gasteiger partial charge in [0.15, 0.2) is 0 Å². The van der Waals surface area contributed by atoms with Crippen LogP contribution in [0.4, 0.5) is 0 Å². The average Bonchev–Trinajstić information content (AvgIpc) is 2.89. The van der Waals surface area contributed by atoms with E-state index >= 15 is 0 Å². The second-order valence-corrected chi connectivity index (χ2v) is 4.17. The Morgan fingerprint density at radius 3 is 3.00 bits per heavy atom. The van der Waals surface area contributed by atoms with Gasteiger partial charge in [-0.15, -0.1) is 0 Å². The molecule has 1 saturated heterocycles. The molecule has 0 unspecified atom stereocenters. The van der Waals surface area contributed by atoms with Gasteiger partial charge < -0.3 is 20.5 Å². The van der Waals surface area contributed by atoms with Gasteiger partial charge in [0, 0.05) is 32.7 Å². The van der Waals surface area contributed by atoms with E-state index in [1.807, 2.05) is 0 Å². The van der Waals surface area contributed by atoms with Crippen molar-refractivity contribution in [1.29, 1.82) is 0 Å². The summed E-state index contributed by atoms with van der Waals surface area (Å²) in [6.07, 6.45) is 4.03. The minimum atomic E-state index is -0.0807. The Morgan fingerprint density at radius 2 is 2.29 bits per heavy atom. The van der Waals surface area contributed by atoms with Crippen molar-refractivity contribution in [2.45, 2.75) is 6.42 Å². The number of hydrogen-bond donors (Lipinski definition) is 3. The van der Waals surface area contributed by atoms with Crippen LogP contribution in [0.2, 0.25) is 0 Å². The largest absolute Gasteiger partial charge is 0.351 e. The molecule has 1 aromatic heterocycles. The van der Waals surface area contributed by atoms with Crippen molar-refractivity contribution < 1.29 is 4.79 Å². The van der Waals surface area contributed by atoms with Crippen LogP contribution in [0.5, 0.6) is 0 Å². The summed E-state index contributed by atoms with van der Waals surface area (Å²) in [5.74, 6) is -0.0807. The Morgan fingerprint density at radius 1 is 1.47 bits per heavy atom. The van der Waals surface area contributed by atoms with Crippen molar-refractivity contribution in [2.24, 2.45) is 0 Å². The smallest absolute Gasteiger partial charge is 0.269 e. The van der Waals surface area contributed by atoms with Gasteiger partial charge in [-0.2, -0.15) is 0 Å². The van der Waals surface area contributed by atoms with Crippen LogP contribution >= 0.6 is 0 Å². The third kappa shape index (κ3) is 3.83. The maximum Gasteiger partial charge on any atom is 0.269 e.